The van der Waals surface area contributed by atoms with E-state index in [-0.39, 0.29) is 70.5 Å². The number of hydrogen-bond donors (Lipinski definition) is 0. The molecule has 0 fully saturated rings. The predicted molar refractivity (Wildman–Crippen MR) is 165 cm³/mol. The molecule has 0 aliphatic carbocycles. The molecule has 0 radical (unpaired) electrons. The van der Waals surface area contributed by atoms with Crippen molar-refractivity contribution in [2.75, 3.05) is 0 Å². The Labute approximate surface area is 237 Å². The first-order valence-electron chi connectivity index (χ1n) is 10.1. The molecule has 0 aromatic heterocycles. The minimum atomic E-state index is -1.55. The summed E-state index contributed by atoms with van der Waals surface area (Å²) in [5.74, 6) is -6.28. The zero-order valence-corrected chi connectivity index (χ0v) is 17.6. The quantitative estimate of drug-likeness (QED) is 0.213. The van der Waals surface area contributed by atoms with Gasteiger partial charge < -0.3 is 0 Å². The molecule has 0 bridgehead atoms. The molecule has 0 spiro atoms. The number of benzene rings is 3. The lowest BCUT2D eigenvalue weighted by Gasteiger charge is -2.11. The van der Waals surface area contributed by atoms with Gasteiger partial charge in [-0.05, 0) is 72.4 Å². The lowest BCUT2D eigenvalue weighted by molar-refractivity contribution is 0.447. The number of halogens is 6. The SMILES string of the molecule is C.C.C.C.C.C.C.C.CCCc1cc(C)c(-c2cc(F)c(F)c(F)c2)c(F)c1.CCCc1ccc(F)c(F)c1. The van der Waals surface area contributed by atoms with E-state index in [0.717, 1.165) is 48.9 Å². The molecule has 0 heterocycles. The Balaban J connectivity index is -0.0000000959. The molecular weight excluding hydrogens is 510 g/mol. The molecule has 0 amide bonds. The lowest BCUT2D eigenvalue weighted by Crippen LogP contribution is -1.97. The van der Waals surface area contributed by atoms with Gasteiger partial charge in [-0.15, -0.1) is 0 Å². The monoisotopic (exact) mass is 566 g/mol. The van der Waals surface area contributed by atoms with Gasteiger partial charge in [0, 0.05) is 5.56 Å². The van der Waals surface area contributed by atoms with Crippen LogP contribution in [0, 0.1) is 41.8 Å². The van der Waals surface area contributed by atoms with Crippen LogP contribution in [0.1, 0.15) is 103 Å². The van der Waals surface area contributed by atoms with Crippen LogP contribution in [0.2, 0.25) is 0 Å². The van der Waals surface area contributed by atoms with Crippen molar-refractivity contribution in [1.29, 1.82) is 0 Å². The minimum absolute atomic E-state index is 0. The van der Waals surface area contributed by atoms with Crippen LogP contribution in [0.15, 0.2) is 42.5 Å². The van der Waals surface area contributed by atoms with Crippen LogP contribution in [0.4, 0.5) is 26.3 Å². The van der Waals surface area contributed by atoms with Crippen molar-refractivity contribution in [2.45, 2.75) is 106 Å². The molecule has 0 saturated carbocycles. The molecule has 0 nitrogen and oxygen atoms in total. The average molecular weight is 567 g/mol. The van der Waals surface area contributed by atoms with Gasteiger partial charge in [0.15, 0.2) is 29.1 Å². The molecule has 3 rings (SSSR count). The van der Waals surface area contributed by atoms with Gasteiger partial charge in [0.2, 0.25) is 0 Å². The highest BCUT2D eigenvalue weighted by molar-refractivity contribution is 5.68. The molecule has 0 unspecified atom stereocenters. The maximum absolute atomic E-state index is 14.1. The second-order valence-electron chi connectivity index (χ2n) is 7.27. The zero-order chi connectivity index (χ0) is 23.1. The maximum Gasteiger partial charge on any atom is 0.194 e. The van der Waals surface area contributed by atoms with Gasteiger partial charge in [0.25, 0.3) is 0 Å². The highest BCUT2D eigenvalue weighted by Crippen LogP contribution is 2.30. The van der Waals surface area contributed by atoms with Gasteiger partial charge in [-0.2, -0.15) is 0 Å². The second-order valence-corrected chi connectivity index (χ2v) is 7.27. The van der Waals surface area contributed by atoms with E-state index in [4.69, 9.17) is 0 Å². The Bertz CT molecular complexity index is 998. The molecule has 3 aromatic carbocycles. The van der Waals surface area contributed by atoms with Crippen LogP contribution >= 0.6 is 0 Å². The molecule has 0 saturated heterocycles. The van der Waals surface area contributed by atoms with E-state index < -0.39 is 34.9 Å². The van der Waals surface area contributed by atoms with E-state index in [1.807, 2.05) is 13.8 Å². The summed E-state index contributed by atoms with van der Waals surface area (Å²) in [6, 6.07) is 8.78. The summed E-state index contributed by atoms with van der Waals surface area (Å²) in [7, 11) is 0. The van der Waals surface area contributed by atoms with Gasteiger partial charge in [0.05, 0.1) is 0 Å². The van der Waals surface area contributed by atoms with Gasteiger partial charge in [-0.25, -0.2) is 26.3 Å². The Morgan fingerprint density at radius 2 is 0.923 bits per heavy atom. The summed E-state index contributed by atoms with van der Waals surface area (Å²) in [5, 5.41) is 0. The van der Waals surface area contributed by atoms with Crippen molar-refractivity contribution in [2.24, 2.45) is 0 Å². The number of aryl methyl sites for hydroxylation is 3. The third-order valence-electron chi connectivity index (χ3n) is 4.68. The molecule has 39 heavy (non-hydrogen) atoms. The van der Waals surface area contributed by atoms with Crippen molar-refractivity contribution < 1.29 is 26.3 Å². The molecule has 6 heteroatoms. The summed E-state index contributed by atoms with van der Waals surface area (Å²) in [6.45, 7) is 5.64. The minimum Gasteiger partial charge on any atom is -0.206 e. The summed E-state index contributed by atoms with van der Waals surface area (Å²) in [5.41, 5.74) is 2.35. The fourth-order valence-corrected chi connectivity index (χ4v) is 3.30. The van der Waals surface area contributed by atoms with Crippen molar-refractivity contribution in [1.82, 2.24) is 0 Å². The molecular formula is C33H56F6. The summed E-state index contributed by atoms with van der Waals surface area (Å²) in [6.07, 6.45) is 3.35. The third-order valence-corrected chi connectivity index (χ3v) is 4.68. The average Bonchev–Trinajstić information content (AvgIpc) is 2.69. The van der Waals surface area contributed by atoms with E-state index in [2.05, 4.69) is 0 Å². The smallest absolute Gasteiger partial charge is 0.194 e. The number of rotatable bonds is 5. The Kier molecular flexibility index (Phi) is 32.8. The van der Waals surface area contributed by atoms with E-state index in [0.29, 0.717) is 5.56 Å². The number of hydrogen-bond acceptors (Lipinski definition) is 0. The van der Waals surface area contributed by atoms with Crippen LogP contribution in [0.5, 0.6) is 0 Å². The Morgan fingerprint density at radius 3 is 1.33 bits per heavy atom. The molecule has 0 aliphatic heterocycles. The van der Waals surface area contributed by atoms with Crippen LogP contribution < -0.4 is 0 Å². The fraction of sp³-hybridized carbons (Fsp3) is 0.455. The highest BCUT2D eigenvalue weighted by Gasteiger charge is 2.16. The normalized spacial score (nSPS) is 8.44. The van der Waals surface area contributed by atoms with Crippen LogP contribution in [0.25, 0.3) is 11.1 Å². The first-order valence-corrected chi connectivity index (χ1v) is 10.1. The van der Waals surface area contributed by atoms with Crippen molar-refractivity contribution >= 4 is 0 Å². The molecule has 0 N–H and O–H groups in total. The molecule has 230 valence electrons. The van der Waals surface area contributed by atoms with Crippen molar-refractivity contribution in [3.05, 3.63) is 94.1 Å². The topological polar surface area (TPSA) is 0 Å². The Hall–Kier alpha value is -2.76. The van der Waals surface area contributed by atoms with E-state index in [1.165, 1.54) is 18.2 Å². The van der Waals surface area contributed by atoms with Gasteiger partial charge >= 0.3 is 0 Å². The van der Waals surface area contributed by atoms with E-state index in [9.17, 15) is 26.3 Å². The standard InChI is InChI=1S/C16H14F4.C9H10F2.8CH4/c1-3-4-10-5-9(2)15(12(17)6-10)11-7-13(18)16(20)14(19)8-11;1-2-3-7-4-5-8(10)9(11)6-7;;;;;;;;/h5-8H,3-4H2,1-2H3;4-6H,2-3H2,1H3;8*1H4. The first-order chi connectivity index (χ1) is 14.7. The largest absolute Gasteiger partial charge is 0.206 e. The van der Waals surface area contributed by atoms with E-state index in [1.54, 1.807) is 19.1 Å². The summed E-state index contributed by atoms with van der Waals surface area (Å²) in [4.78, 5) is 0. The van der Waals surface area contributed by atoms with Crippen LogP contribution in [-0.4, -0.2) is 0 Å². The lowest BCUT2D eigenvalue weighted by atomic mass is 9.96. The summed E-state index contributed by atoms with van der Waals surface area (Å²) >= 11 is 0. The van der Waals surface area contributed by atoms with Crippen molar-refractivity contribution in [3.8, 4) is 11.1 Å². The van der Waals surface area contributed by atoms with Crippen LogP contribution in [0.3, 0.4) is 0 Å². The predicted octanol–water partition coefficient (Wildman–Crippen LogP) is 13.2. The molecule has 0 atom stereocenters. The van der Waals surface area contributed by atoms with Gasteiger partial charge in [-0.3, -0.25) is 0 Å². The molecule has 0 aliphatic rings. The van der Waals surface area contributed by atoms with Gasteiger partial charge in [-0.1, -0.05) is 98.2 Å². The highest BCUT2D eigenvalue weighted by atomic mass is 19.2. The van der Waals surface area contributed by atoms with E-state index >= 15 is 0 Å². The van der Waals surface area contributed by atoms with Crippen molar-refractivity contribution in [3.63, 3.8) is 0 Å². The Morgan fingerprint density at radius 1 is 0.487 bits per heavy atom. The molecule has 3 aromatic rings. The summed E-state index contributed by atoms with van der Waals surface area (Å²) < 4.78 is 78.5. The van der Waals surface area contributed by atoms with Gasteiger partial charge in [0.1, 0.15) is 5.82 Å². The zero-order valence-electron chi connectivity index (χ0n) is 17.6. The second kappa shape index (κ2) is 24.3. The first kappa shape index (κ1) is 52.6. The maximum atomic E-state index is 14.1. The fourth-order valence-electron chi connectivity index (χ4n) is 3.30. The third kappa shape index (κ3) is 14.3. The van der Waals surface area contributed by atoms with Crippen LogP contribution in [-0.2, 0) is 12.8 Å².